The number of nitrogens with one attached hydrogen (secondary N) is 1. The standard InChI is InChI=1S/C17H17N3O4S/c1-25(23,24)20(13-7-3-2-4-8-13)12-17(22)19-11-16(21)18-14-9-5-6-10-15(14)19/h2-10H,11-12H2,1H3,(H,18,21). The molecule has 7 nitrogen and oxygen atoms in total. The van der Waals surface area contributed by atoms with Gasteiger partial charge in [0, 0.05) is 0 Å². The van der Waals surface area contributed by atoms with Crippen LogP contribution in [0.5, 0.6) is 0 Å². The van der Waals surface area contributed by atoms with Gasteiger partial charge in [0.25, 0.3) is 0 Å². The summed E-state index contributed by atoms with van der Waals surface area (Å²) in [5, 5.41) is 2.70. The Kier molecular flexibility index (Phi) is 4.45. The van der Waals surface area contributed by atoms with E-state index in [0.717, 1.165) is 10.6 Å². The van der Waals surface area contributed by atoms with Crippen molar-refractivity contribution in [1.82, 2.24) is 0 Å². The van der Waals surface area contributed by atoms with Crippen molar-refractivity contribution < 1.29 is 18.0 Å². The summed E-state index contributed by atoms with van der Waals surface area (Å²) in [5.74, 6) is -0.797. The Labute approximate surface area is 145 Å². The molecule has 0 radical (unpaired) electrons. The van der Waals surface area contributed by atoms with Crippen molar-refractivity contribution >= 4 is 38.9 Å². The molecule has 1 N–H and O–H groups in total. The quantitative estimate of drug-likeness (QED) is 0.895. The molecule has 0 bridgehead atoms. The number of para-hydroxylation sites is 3. The number of benzene rings is 2. The van der Waals surface area contributed by atoms with Gasteiger partial charge in [0.1, 0.15) is 13.1 Å². The average Bonchev–Trinajstić information content (AvgIpc) is 2.58. The monoisotopic (exact) mass is 359 g/mol. The van der Waals surface area contributed by atoms with Crippen LogP contribution >= 0.6 is 0 Å². The number of nitrogens with zero attached hydrogens (tertiary/aromatic N) is 2. The highest BCUT2D eigenvalue weighted by Gasteiger charge is 2.29. The zero-order valence-corrected chi connectivity index (χ0v) is 14.4. The van der Waals surface area contributed by atoms with Crippen LogP contribution in [-0.4, -0.2) is 39.6 Å². The summed E-state index contributed by atoms with van der Waals surface area (Å²) in [6.07, 6.45) is 1.05. The molecule has 0 unspecified atom stereocenters. The van der Waals surface area contributed by atoms with Crippen molar-refractivity contribution in [1.29, 1.82) is 0 Å². The minimum absolute atomic E-state index is 0.151. The van der Waals surface area contributed by atoms with E-state index in [2.05, 4.69) is 5.32 Å². The number of carbonyl (C=O) groups excluding carboxylic acids is 2. The van der Waals surface area contributed by atoms with Crippen molar-refractivity contribution in [3.05, 3.63) is 54.6 Å². The normalized spacial score (nSPS) is 13.8. The van der Waals surface area contributed by atoms with Crippen LogP contribution in [0.3, 0.4) is 0 Å². The molecule has 0 saturated carbocycles. The summed E-state index contributed by atoms with van der Waals surface area (Å²) in [7, 11) is -3.66. The van der Waals surface area contributed by atoms with E-state index in [1.54, 1.807) is 54.6 Å². The van der Waals surface area contributed by atoms with E-state index in [1.807, 2.05) is 0 Å². The number of hydrogen-bond donors (Lipinski definition) is 1. The Morgan fingerprint density at radius 2 is 1.76 bits per heavy atom. The van der Waals surface area contributed by atoms with Crippen LogP contribution in [0.4, 0.5) is 17.1 Å². The van der Waals surface area contributed by atoms with Gasteiger partial charge in [0.2, 0.25) is 21.8 Å². The topological polar surface area (TPSA) is 86.8 Å². The Balaban J connectivity index is 1.92. The maximum Gasteiger partial charge on any atom is 0.248 e. The third kappa shape index (κ3) is 3.63. The van der Waals surface area contributed by atoms with E-state index in [4.69, 9.17) is 0 Å². The van der Waals surface area contributed by atoms with Gasteiger partial charge in [-0.2, -0.15) is 0 Å². The molecule has 8 heteroatoms. The van der Waals surface area contributed by atoms with Crippen LogP contribution in [0.15, 0.2) is 54.6 Å². The van der Waals surface area contributed by atoms with Crippen LogP contribution in [-0.2, 0) is 19.6 Å². The van der Waals surface area contributed by atoms with E-state index in [1.165, 1.54) is 4.90 Å². The Bertz CT molecular complexity index is 913. The molecule has 25 heavy (non-hydrogen) atoms. The Hall–Kier alpha value is -2.87. The molecular formula is C17H17N3O4S. The lowest BCUT2D eigenvalue weighted by atomic mass is 10.2. The summed E-state index contributed by atoms with van der Waals surface area (Å²) in [4.78, 5) is 25.9. The van der Waals surface area contributed by atoms with Crippen molar-refractivity contribution in [3.8, 4) is 0 Å². The second-order valence-electron chi connectivity index (χ2n) is 5.65. The molecule has 0 atom stereocenters. The third-order valence-corrected chi connectivity index (χ3v) is 4.94. The molecule has 0 saturated heterocycles. The fourth-order valence-corrected chi connectivity index (χ4v) is 3.51. The van der Waals surface area contributed by atoms with Gasteiger partial charge >= 0.3 is 0 Å². The van der Waals surface area contributed by atoms with Crippen molar-refractivity contribution in [3.63, 3.8) is 0 Å². The molecule has 0 aromatic heterocycles. The van der Waals surface area contributed by atoms with E-state index in [0.29, 0.717) is 17.1 Å². The second kappa shape index (κ2) is 6.56. The molecular weight excluding hydrogens is 342 g/mol. The van der Waals surface area contributed by atoms with Crippen LogP contribution in [0.1, 0.15) is 0 Å². The summed E-state index contributed by atoms with van der Waals surface area (Å²) < 4.78 is 25.3. The highest BCUT2D eigenvalue weighted by atomic mass is 32.2. The molecule has 2 aromatic carbocycles. The first-order valence-corrected chi connectivity index (χ1v) is 9.43. The first-order chi connectivity index (χ1) is 11.9. The smallest absolute Gasteiger partial charge is 0.248 e. The zero-order chi connectivity index (χ0) is 18.0. The van der Waals surface area contributed by atoms with Gasteiger partial charge in [-0.3, -0.25) is 18.8 Å². The average molecular weight is 359 g/mol. The lowest BCUT2D eigenvalue weighted by molar-refractivity contribution is -0.121. The minimum atomic E-state index is -3.66. The van der Waals surface area contributed by atoms with Gasteiger partial charge in [-0.05, 0) is 24.3 Å². The summed E-state index contributed by atoms with van der Waals surface area (Å²) in [5.41, 5.74) is 1.47. The maximum atomic E-state index is 12.8. The molecule has 130 valence electrons. The van der Waals surface area contributed by atoms with Crippen molar-refractivity contribution in [2.45, 2.75) is 0 Å². The maximum absolute atomic E-state index is 12.8. The largest absolute Gasteiger partial charge is 0.323 e. The van der Waals surface area contributed by atoms with Gasteiger partial charge in [0.15, 0.2) is 0 Å². The van der Waals surface area contributed by atoms with Crippen molar-refractivity contribution in [2.24, 2.45) is 0 Å². The van der Waals surface area contributed by atoms with Gasteiger partial charge in [0.05, 0.1) is 23.3 Å². The Morgan fingerprint density at radius 1 is 1.12 bits per heavy atom. The zero-order valence-electron chi connectivity index (χ0n) is 13.5. The predicted molar refractivity (Wildman–Crippen MR) is 96.1 cm³/mol. The summed E-state index contributed by atoms with van der Waals surface area (Å²) in [6, 6.07) is 15.3. The van der Waals surface area contributed by atoms with Crippen LogP contribution in [0.25, 0.3) is 0 Å². The van der Waals surface area contributed by atoms with E-state index in [-0.39, 0.29) is 19.0 Å². The van der Waals surface area contributed by atoms with E-state index >= 15 is 0 Å². The van der Waals surface area contributed by atoms with Crippen LogP contribution in [0, 0.1) is 0 Å². The second-order valence-corrected chi connectivity index (χ2v) is 7.56. The molecule has 1 aliphatic rings. The lowest BCUT2D eigenvalue weighted by Crippen LogP contribution is -2.47. The van der Waals surface area contributed by atoms with E-state index in [9.17, 15) is 18.0 Å². The first kappa shape index (κ1) is 17.0. The fraction of sp³-hybridized carbons (Fsp3) is 0.176. The van der Waals surface area contributed by atoms with E-state index < -0.39 is 15.9 Å². The minimum Gasteiger partial charge on any atom is -0.323 e. The number of hydrogen-bond acceptors (Lipinski definition) is 4. The number of amides is 2. The summed E-state index contributed by atoms with van der Waals surface area (Å²) >= 11 is 0. The lowest BCUT2D eigenvalue weighted by Gasteiger charge is -2.31. The van der Waals surface area contributed by atoms with Gasteiger partial charge in [-0.15, -0.1) is 0 Å². The number of fused-ring (bicyclic) bond motifs is 1. The predicted octanol–water partition coefficient (Wildman–Crippen LogP) is 1.44. The van der Waals surface area contributed by atoms with Gasteiger partial charge in [-0.1, -0.05) is 30.3 Å². The highest BCUT2D eigenvalue weighted by molar-refractivity contribution is 7.92. The summed E-state index contributed by atoms with van der Waals surface area (Å²) in [6.45, 7) is -0.535. The molecule has 3 rings (SSSR count). The molecule has 1 aliphatic heterocycles. The molecule has 2 amide bonds. The van der Waals surface area contributed by atoms with Crippen LogP contribution in [0.2, 0.25) is 0 Å². The molecule has 0 spiro atoms. The molecule has 2 aromatic rings. The SMILES string of the molecule is CS(=O)(=O)N(CC(=O)N1CC(=O)Nc2ccccc21)c1ccccc1. The molecule has 0 fully saturated rings. The third-order valence-electron chi connectivity index (χ3n) is 3.80. The van der Waals surface area contributed by atoms with Crippen molar-refractivity contribution in [2.75, 3.05) is 33.9 Å². The molecule has 0 aliphatic carbocycles. The Morgan fingerprint density at radius 3 is 2.44 bits per heavy atom. The number of sulfonamides is 1. The fourth-order valence-electron chi connectivity index (χ4n) is 2.66. The van der Waals surface area contributed by atoms with Crippen LogP contribution < -0.4 is 14.5 Å². The van der Waals surface area contributed by atoms with Gasteiger partial charge < -0.3 is 5.32 Å². The number of rotatable bonds is 4. The highest BCUT2D eigenvalue weighted by Crippen LogP contribution is 2.29. The number of carbonyl (C=O) groups is 2. The number of anilines is 3. The van der Waals surface area contributed by atoms with Gasteiger partial charge in [-0.25, -0.2) is 8.42 Å². The molecule has 1 heterocycles. The first-order valence-electron chi connectivity index (χ1n) is 7.58.